The van der Waals surface area contributed by atoms with Gasteiger partial charge in [-0.3, -0.25) is 9.69 Å². The van der Waals surface area contributed by atoms with Crippen LogP contribution in [0.1, 0.15) is 24.1 Å². The fourth-order valence-electron chi connectivity index (χ4n) is 4.27. The molecule has 5 nitrogen and oxygen atoms in total. The maximum atomic E-state index is 13.0. The van der Waals surface area contributed by atoms with Gasteiger partial charge in [-0.25, -0.2) is 4.98 Å². The van der Waals surface area contributed by atoms with Gasteiger partial charge in [0.25, 0.3) is 0 Å². The zero-order valence-electron chi connectivity index (χ0n) is 15.1. The zero-order valence-corrected chi connectivity index (χ0v) is 16.0. The molecule has 6 heteroatoms. The molecule has 0 aliphatic carbocycles. The maximum absolute atomic E-state index is 13.0. The second-order valence-electron chi connectivity index (χ2n) is 7.31. The van der Waals surface area contributed by atoms with Crippen molar-refractivity contribution in [3.05, 3.63) is 46.4 Å². The molecule has 0 N–H and O–H groups in total. The largest absolute Gasteiger partial charge is 0.496 e. The first-order valence-corrected chi connectivity index (χ1v) is 10.2. The molecular weight excluding hydrogens is 346 g/mol. The van der Waals surface area contributed by atoms with Crippen molar-refractivity contribution in [2.24, 2.45) is 5.92 Å². The highest BCUT2D eigenvalue weighted by atomic mass is 32.1. The third-order valence-electron chi connectivity index (χ3n) is 5.51. The summed E-state index contributed by atoms with van der Waals surface area (Å²) < 4.78 is 5.41. The van der Waals surface area contributed by atoms with Gasteiger partial charge in [-0.05, 0) is 24.8 Å². The Morgan fingerprint density at radius 3 is 2.96 bits per heavy atom. The summed E-state index contributed by atoms with van der Waals surface area (Å²) in [7, 11) is 1.66. The van der Waals surface area contributed by atoms with Crippen LogP contribution < -0.4 is 4.74 Å². The van der Waals surface area contributed by atoms with Gasteiger partial charge in [-0.1, -0.05) is 18.2 Å². The van der Waals surface area contributed by atoms with Crippen molar-refractivity contribution >= 4 is 17.2 Å². The molecule has 4 heterocycles. The topological polar surface area (TPSA) is 45.7 Å². The van der Waals surface area contributed by atoms with Crippen molar-refractivity contribution in [2.45, 2.75) is 31.8 Å². The minimum Gasteiger partial charge on any atom is -0.496 e. The molecule has 2 aromatic rings. The Labute approximate surface area is 158 Å². The fourth-order valence-corrected chi connectivity index (χ4v) is 4.82. The van der Waals surface area contributed by atoms with E-state index in [4.69, 9.17) is 4.74 Å². The van der Waals surface area contributed by atoms with E-state index in [0.717, 1.165) is 49.6 Å². The fraction of sp³-hybridized carbons (Fsp3) is 0.500. The van der Waals surface area contributed by atoms with Gasteiger partial charge in [0.05, 0.1) is 24.7 Å². The summed E-state index contributed by atoms with van der Waals surface area (Å²) in [5.41, 5.74) is 4.01. The van der Waals surface area contributed by atoms with Crippen LogP contribution >= 0.6 is 11.3 Å². The minimum atomic E-state index is 0.222. The van der Waals surface area contributed by atoms with E-state index in [1.165, 1.54) is 6.42 Å². The van der Waals surface area contributed by atoms with Crippen LogP contribution in [0.5, 0.6) is 5.75 Å². The highest BCUT2D eigenvalue weighted by Gasteiger charge is 2.37. The van der Waals surface area contributed by atoms with E-state index in [9.17, 15) is 4.79 Å². The van der Waals surface area contributed by atoms with E-state index in [2.05, 4.69) is 20.2 Å². The molecule has 1 aromatic heterocycles. The molecule has 0 spiro atoms. The molecule has 0 unspecified atom stereocenters. The van der Waals surface area contributed by atoms with Crippen LogP contribution in [0, 0.1) is 5.92 Å². The quantitative estimate of drug-likeness (QED) is 0.811. The standard InChI is InChI=1S/C20H25N3O2S/c1-25-19-5-3-2-4-16(19)8-20(24)23-10-15-6-7-18(23)12-22(9-15)11-17-13-26-14-21-17/h2-5,13-15,18H,6-12H2,1H3/t15-,18+/m0/s1. The molecule has 0 radical (unpaired) electrons. The zero-order chi connectivity index (χ0) is 17.9. The van der Waals surface area contributed by atoms with Crippen LogP contribution in [-0.2, 0) is 17.8 Å². The molecule has 26 heavy (non-hydrogen) atoms. The Morgan fingerprint density at radius 1 is 1.27 bits per heavy atom. The molecule has 1 amide bonds. The smallest absolute Gasteiger partial charge is 0.227 e. The van der Waals surface area contributed by atoms with Gasteiger partial charge in [0.2, 0.25) is 5.91 Å². The van der Waals surface area contributed by atoms with Crippen LogP contribution in [0.15, 0.2) is 35.2 Å². The van der Waals surface area contributed by atoms with Gasteiger partial charge < -0.3 is 9.64 Å². The van der Waals surface area contributed by atoms with Crippen molar-refractivity contribution in [2.75, 3.05) is 26.7 Å². The lowest BCUT2D eigenvalue weighted by Crippen LogP contribution is -2.48. The predicted octanol–water partition coefficient (Wildman–Crippen LogP) is 2.82. The van der Waals surface area contributed by atoms with Crippen molar-refractivity contribution in [3.8, 4) is 5.75 Å². The summed E-state index contributed by atoms with van der Waals surface area (Å²) in [5.74, 6) is 1.58. The van der Waals surface area contributed by atoms with Crippen LogP contribution in [0.2, 0.25) is 0 Å². The second-order valence-corrected chi connectivity index (χ2v) is 8.02. The van der Waals surface area contributed by atoms with E-state index in [1.54, 1.807) is 18.4 Å². The van der Waals surface area contributed by atoms with Crippen LogP contribution in [-0.4, -0.2) is 53.5 Å². The van der Waals surface area contributed by atoms with Crippen molar-refractivity contribution in [1.82, 2.24) is 14.8 Å². The number of amides is 1. The summed E-state index contributed by atoms with van der Waals surface area (Å²) in [6, 6.07) is 8.13. The third-order valence-corrected chi connectivity index (χ3v) is 6.15. The van der Waals surface area contributed by atoms with Gasteiger partial charge in [0.15, 0.2) is 0 Å². The number of benzene rings is 1. The average molecular weight is 372 g/mol. The first-order valence-electron chi connectivity index (χ1n) is 9.23. The number of hydrogen-bond donors (Lipinski definition) is 0. The molecule has 3 aliphatic rings. The van der Waals surface area contributed by atoms with Gasteiger partial charge in [0.1, 0.15) is 5.75 Å². The highest BCUT2D eigenvalue weighted by Crippen LogP contribution is 2.30. The number of nitrogens with zero attached hydrogens (tertiary/aromatic N) is 3. The van der Waals surface area contributed by atoms with E-state index >= 15 is 0 Å². The summed E-state index contributed by atoms with van der Waals surface area (Å²) in [6.07, 6.45) is 2.74. The summed E-state index contributed by atoms with van der Waals surface area (Å²) >= 11 is 1.65. The summed E-state index contributed by atoms with van der Waals surface area (Å²) in [6.45, 7) is 3.79. The molecule has 1 aromatic carbocycles. The third kappa shape index (κ3) is 3.76. The number of methoxy groups -OCH3 is 1. The van der Waals surface area contributed by atoms with E-state index in [0.29, 0.717) is 18.4 Å². The number of ether oxygens (including phenoxy) is 1. The Kier molecular flexibility index (Phi) is 5.22. The van der Waals surface area contributed by atoms with E-state index < -0.39 is 0 Å². The molecule has 138 valence electrons. The lowest BCUT2D eigenvalue weighted by atomic mass is 9.94. The van der Waals surface area contributed by atoms with Crippen LogP contribution in [0.4, 0.5) is 0 Å². The molecule has 3 saturated heterocycles. The average Bonchev–Trinajstić information content (AvgIpc) is 3.00. The van der Waals surface area contributed by atoms with E-state index in [-0.39, 0.29) is 5.91 Å². The SMILES string of the molecule is COc1ccccc1CC(=O)N1C[C@H]2CC[C@@H]1CN(Cc1cscn1)C2. The van der Waals surface area contributed by atoms with Crippen LogP contribution in [0.3, 0.4) is 0 Å². The number of carbonyl (C=O) groups excluding carboxylic acids is 1. The monoisotopic (exact) mass is 371 g/mol. The molecular formula is C20H25N3O2S. The number of thiazole rings is 1. The second kappa shape index (κ2) is 7.76. The molecule has 3 fully saturated rings. The van der Waals surface area contributed by atoms with Gasteiger partial charge in [-0.2, -0.15) is 0 Å². The van der Waals surface area contributed by atoms with Gasteiger partial charge in [0, 0.05) is 43.2 Å². The minimum absolute atomic E-state index is 0.222. The number of fused-ring (bicyclic) bond motifs is 4. The van der Waals surface area contributed by atoms with Gasteiger partial charge in [-0.15, -0.1) is 11.3 Å². The Balaban J connectivity index is 1.45. The van der Waals surface area contributed by atoms with Gasteiger partial charge >= 0.3 is 0 Å². The predicted molar refractivity (Wildman–Crippen MR) is 102 cm³/mol. The number of rotatable bonds is 5. The molecule has 5 rings (SSSR count). The Hall–Kier alpha value is -1.92. The first-order chi connectivity index (χ1) is 12.7. The lowest BCUT2D eigenvalue weighted by Gasteiger charge is -2.36. The maximum Gasteiger partial charge on any atom is 0.227 e. The molecule has 3 aliphatic heterocycles. The number of carbonyl (C=O) groups is 1. The van der Waals surface area contributed by atoms with Crippen molar-refractivity contribution in [1.29, 1.82) is 0 Å². The Morgan fingerprint density at radius 2 is 2.15 bits per heavy atom. The molecule has 2 atom stereocenters. The van der Waals surface area contributed by atoms with Crippen LogP contribution in [0.25, 0.3) is 0 Å². The Bertz CT molecular complexity index is 749. The van der Waals surface area contributed by atoms with Crippen molar-refractivity contribution < 1.29 is 9.53 Å². The number of piperidine rings is 1. The highest BCUT2D eigenvalue weighted by molar-refractivity contribution is 7.07. The first kappa shape index (κ1) is 17.5. The number of hydrogen-bond acceptors (Lipinski definition) is 5. The lowest BCUT2D eigenvalue weighted by molar-refractivity contribution is -0.134. The number of para-hydroxylation sites is 1. The normalized spacial score (nSPS) is 23.0. The molecule has 2 bridgehead atoms. The number of aromatic nitrogens is 1. The summed E-state index contributed by atoms with van der Waals surface area (Å²) in [5, 5.41) is 2.12. The van der Waals surface area contributed by atoms with Crippen molar-refractivity contribution in [3.63, 3.8) is 0 Å². The molecule has 0 saturated carbocycles. The van der Waals surface area contributed by atoms with E-state index in [1.807, 2.05) is 29.8 Å². The summed E-state index contributed by atoms with van der Waals surface area (Å²) in [4.78, 5) is 22.1.